The number of aliphatic hydroxyl groups is 1. The van der Waals surface area contributed by atoms with Crippen LogP contribution in [0.25, 0.3) is 0 Å². The molecule has 0 aliphatic rings. The van der Waals surface area contributed by atoms with Crippen molar-refractivity contribution >= 4 is 5.97 Å². The van der Waals surface area contributed by atoms with Crippen molar-refractivity contribution in [3.05, 3.63) is 0 Å². The maximum absolute atomic E-state index is 11.0. The molecule has 12 heavy (non-hydrogen) atoms. The highest BCUT2D eigenvalue weighted by atomic mass is 16.6. The summed E-state index contributed by atoms with van der Waals surface area (Å²) in [4.78, 5) is 11.0. The van der Waals surface area contributed by atoms with E-state index in [9.17, 15) is 9.90 Å². The van der Waals surface area contributed by atoms with Crippen molar-refractivity contribution in [2.45, 2.75) is 12.5 Å². The van der Waals surface area contributed by atoms with E-state index in [1.807, 2.05) is 0 Å². The Hall–Kier alpha value is -0.650. The summed E-state index contributed by atoms with van der Waals surface area (Å²) in [5.74, 6) is -0.720. The summed E-state index contributed by atoms with van der Waals surface area (Å²) >= 11 is 0. The molecule has 5 heteroatoms. The van der Waals surface area contributed by atoms with Gasteiger partial charge in [0, 0.05) is 13.7 Å². The van der Waals surface area contributed by atoms with Gasteiger partial charge >= 0.3 is 5.97 Å². The summed E-state index contributed by atoms with van der Waals surface area (Å²) in [6.45, 7) is 1.60. The molecule has 72 valence electrons. The van der Waals surface area contributed by atoms with Crippen LogP contribution >= 0.6 is 0 Å². The van der Waals surface area contributed by atoms with Gasteiger partial charge in [-0.25, -0.2) is 4.79 Å². The van der Waals surface area contributed by atoms with Crippen LogP contribution in [0.5, 0.6) is 0 Å². The Bertz CT molecular complexity index is 146. The third kappa shape index (κ3) is 3.66. The van der Waals surface area contributed by atoms with Gasteiger partial charge in [-0.3, -0.25) is 0 Å². The number of hydrogen-bond acceptors (Lipinski definition) is 5. The molecule has 1 atom stereocenters. The highest BCUT2D eigenvalue weighted by Gasteiger charge is 2.29. The van der Waals surface area contributed by atoms with E-state index in [1.165, 1.54) is 14.0 Å². The van der Waals surface area contributed by atoms with E-state index in [2.05, 4.69) is 9.47 Å². The smallest absolute Gasteiger partial charge is 0.339 e. The molecule has 0 aromatic heterocycles. The molecule has 0 bridgehead atoms. The van der Waals surface area contributed by atoms with Crippen molar-refractivity contribution in [2.75, 3.05) is 26.9 Å². The minimum Gasteiger partial charge on any atom is -0.461 e. The van der Waals surface area contributed by atoms with Gasteiger partial charge in [0.05, 0.1) is 6.61 Å². The molecule has 0 saturated carbocycles. The average Bonchev–Trinajstić information content (AvgIpc) is 2.05. The number of methoxy groups -OCH3 is 1. The van der Waals surface area contributed by atoms with Crippen molar-refractivity contribution in [1.29, 1.82) is 0 Å². The normalized spacial score (nSPS) is 15.3. The molecule has 0 rings (SSSR count). The third-order valence-electron chi connectivity index (χ3n) is 1.36. The molecule has 0 saturated heterocycles. The number of carbonyl (C=O) groups is 1. The number of carbonyl (C=O) groups excluding carboxylic acids is 1. The first kappa shape index (κ1) is 11.4. The van der Waals surface area contributed by atoms with Crippen molar-refractivity contribution in [2.24, 2.45) is 5.73 Å². The first-order valence-electron chi connectivity index (χ1n) is 3.63. The van der Waals surface area contributed by atoms with Crippen LogP contribution in [-0.4, -0.2) is 43.5 Å². The molecule has 0 radical (unpaired) electrons. The molecule has 3 N–H and O–H groups in total. The lowest BCUT2D eigenvalue weighted by Gasteiger charge is -2.18. The zero-order valence-corrected chi connectivity index (χ0v) is 7.37. The van der Waals surface area contributed by atoms with Gasteiger partial charge in [-0.05, 0) is 6.92 Å². The molecule has 0 aromatic rings. The van der Waals surface area contributed by atoms with Crippen molar-refractivity contribution in [3.63, 3.8) is 0 Å². The van der Waals surface area contributed by atoms with Crippen molar-refractivity contribution < 1.29 is 19.4 Å². The highest BCUT2D eigenvalue weighted by molar-refractivity contribution is 5.78. The lowest BCUT2D eigenvalue weighted by molar-refractivity contribution is -0.163. The fraction of sp³-hybridized carbons (Fsp3) is 0.857. The van der Waals surface area contributed by atoms with Gasteiger partial charge in [0.2, 0.25) is 0 Å². The Morgan fingerprint density at radius 3 is 2.58 bits per heavy atom. The summed E-state index contributed by atoms with van der Waals surface area (Å²) in [5, 5.41) is 9.25. The van der Waals surface area contributed by atoms with Gasteiger partial charge in [-0.15, -0.1) is 0 Å². The van der Waals surface area contributed by atoms with E-state index < -0.39 is 11.6 Å². The lowest BCUT2D eigenvalue weighted by atomic mass is 10.1. The largest absolute Gasteiger partial charge is 0.461 e. The van der Waals surface area contributed by atoms with Crippen LogP contribution in [0.3, 0.4) is 0 Å². The van der Waals surface area contributed by atoms with Gasteiger partial charge in [0.1, 0.15) is 6.61 Å². The monoisotopic (exact) mass is 177 g/mol. The third-order valence-corrected chi connectivity index (χ3v) is 1.36. The minimum absolute atomic E-state index is 0.130. The van der Waals surface area contributed by atoms with Gasteiger partial charge in [-0.1, -0.05) is 0 Å². The molecule has 5 nitrogen and oxygen atoms in total. The minimum atomic E-state index is -1.59. The Labute approximate surface area is 71.5 Å². The van der Waals surface area contributed by atoms with Gasteiger partial charge in [0.25, 0.3) is 0 Å². The second-order valence-corrected chi connectivity index (χ2v) is 2.61. The average molecular weight is 177 g/mol. The topological polar surface area (TPSA) is 81.8 Å². The van der Waals surface area contributed by atoms with Crippen LogP contribution < -0.4 is 5.73 Å². The molecular weight excluding hydrogens is 162 g/mol. The number of ether oxygens (including phenoxy) is 2. The van der Waals surface area contributed by atoms with Crippen LogP contribution in [0.1, 0.15) is 6.92 Å². The van der Waals surface area contributed by atoms with Crippen LogP contribution in [0.2, 0.25) is 0 Å². The zero-order valence-electron chi connectivity index (χ0n) is 7.37. The summed E-state index contributed by atoms with van der Waals surface area (Å²) in [7, 11) is 1.49. The van der Waals surface area contributed by atoms with Crippen LogP contribution in [0, 0.1) is 0 Å². The Morgan fingerprint density at radius 2 is 2.17 bits per heavy atom. The molecule has 0 aliphatic carbocycles. The lowest BCUT2D eigenvalue weighted by Crippen LogP contribution is -2.44. The Kier molecular flexibility index (Phi) is 4.80. The summed E-state index contributed by atoms with van der Waals surface area (Å²) in [5.41, 5.74) is 3.54. The summed E-state index contributed by atoms with van der Waals surface area (Å²) in [6.07, 6.45) is 0. The second kappa shape index (κ2) is 5.08. The summed E-state index contributed by atoms with van der Waals surface area (Å²) in [6, 6.07) is 0. The van der Waals surface area contributed by atoms with Crippen LogP contribution in [-0.2, 0) is 14.3 Å². The van der Waals surface area contributed by atoms with E-state index in [1.54, 1.807) is 0 Å². The van der Waals surface area contributed by atoms with E-state index >= 15 is 0 Å². The highest BCUT2D eigenvalue weighted by Crippen LogP contribution is 2.02. The van der Waals surface area contributed by atoms with Gasteiger partial charge in [-0.2, -0.15) is 0 Å². The Morgan fingerprint density at radius 1 is 1.58 bits per heavy atom. The molecule has 0 aliphatic heterocycles. The predicted octanol–water partition coefficient (Wildman–Crippen LogP) is -1.11. The maximum Gasteiger partial charge on any atom is 0.339 e. The first-order valence-corrected chi connectivity index (χ1v) is 3.63. The summed E-state index contributed by atoms with van der Waals surface area (Å²) < 4.78 is 9.29. The standard InChI is InChI=1S/C7H15NO4/c1-7(10,5-8)6(9)12-4-3-11-2/h10H,3-5,8H2,1-2H3. The molecule has 1 unspecified atom stereocenters. The fourth-order valence-corrected chi connectivity index (χ4v) is 0.457. The van der Waals surface area contributed by atoms with E-state index in [4.69, 9.17) is 5.73 Å². The number of hydrogen-bond donors (Lipinski definition) is 2. The zero-order chi connectivity index (χ0) is 9.61. The number of nitrogens with two attached hydrogens (primary N) is 1. The molecule has 0 fully saturated rings. The SMILES string of the molecule is COCCOC(=O)C(C)(O)CN. The number of esters is 1. The van der Waals surface area contributed by atoms with Gasteiger partial charge < -0.3 is 20.3 Å². The van der Waals surface area contributed by atoms with E-state index in [-0.39, 0.29) is 13.2 Å². The molecule has 0 heterocycles. The van der Waals surface area contributed by atoms with E-state index in [0.717, 1.165) is 0 Å². The second-order valence-electron chi connectivity index (χ2n) is 2.61. The van der Waals surface area contributed by atoms with Crippen molar-refractivity contribution in [3.8, 4) is 0 Å². The van der Waals surface area contributed by atoms with E-state index in [0.29, 0.717) is 6.61 Å². The Balaban J connectivity index is 3.72. The molecule has 0 spiro atoms. The first-order chi connectivity index (χ1) is 5.54. The fourth-order valence-electron chi connectivity index (χ4n) is 0.457. The van der Waals surface area contributed by atoms with Gasteiger partial charge in [0.15, 0.2) is 5.60 Å². The number of rotatable bonds is 5. The maximum atomic E-state index is 11.0. The predicted molar refractivity (Wildman–Crippen MR) is 42.5 cm³/mol. The molecule has 0 amide bonds. The quantitative estimate of drug-likeness (QED) is 0.411. The van der Waals surface area contributed by atoms with Crippen LogP contribution in [0.4, 0.5) is 0 Å². The van der Waals surface area contributed by atoms with Crippen LogP contribution in [0.15, 0.2) is 0 Å². The van der Waals surface area contributed by atoms with Crippen molar-refractivity contribution in [1.82, 2.24) is 0 Å². The molecular formula is C7H15NO4. The molecule has 0 aromatic carbocycles.